The van der Waals surface area contributed by atoms with Crippen molar-refractivity contribution in [1.29, 1.82) is 0 Å². The van der Waals surface area contributed by atoms with Crippen molar-refractivity contribution in [2.45, 2.75) is 153 Å². The van der Waals surface area contributed by atoms with Crippen LogP contribution in [0.1, 0.15) is 104 Å². The normalized spacial score (nSPS) is 17.1. The second-order valence-corrected chi connectivity index (χ2v) is 20.9. The molecular formula is C50H78N12O14S. The molecule has 0 saturated carbocycles. The highest BCUT2D eigenvalue weighted by atomic mass is 32.3. The van der Waals surface area contributed by atoms with Gasteiger partial charge in [-0.25, -0.2) is 9.59 Å². The van der Waals surface area contributed by atoms with Crippen molar-refractivity contribution in [2.75, 3.05) is 26.2 Å². The third-order valence-corrected chi connectivity index (χ3v) is 11.3. The van der Waals surface area contributed by atoms with Crippen molar-refractivity contribution in [2.24, 2.45) is 32.9 Å². The van der Waals surface area contributed by atoms with Crippen LogP contribution < -0.4 is 44.2 Å². The topological polar surface area (TPSA) is 413 Å². The van der Waals surface area contributed by atoms with E-state index in [2.05, 4.69) is 31.3 Å². The number of nitrogens with one attached hydrogen (secondary N) is 4. The summed E-state index contributed by atoms with van der Waals surface area (Å²) in [6.07, 6.45) is 5.03. The third-order valence-electron chi connectivity index (χ3n) is 11.3. The number of carbonyl (C=O) groups is 8. The molecule has 4 rings (SSSR count). The second kappa shape index (κ2) is 32.5. The molecule has 2 aromatic carbocycles. The summed E-state index contributed by atoms with van der Waals surface area (Å²) in [5.41, 5.74) is 21.5. The lowest BCUT2D eigenvalue weighted by molar-refractivity contribution is -0.136. The summed E-state index contributed by atoms with van der Waals surface area (Å²) in [5.74, 6) is -2.32. The SMILES string of the molecule is CC(C)(C)OC(=O)N[C@H](Cc1ccccc1)C(=O)NC(=O)[C@@H]1CCCN1[C@H](C=O)CCCN=C(N)N.CC(C)(C)OC(=O)N[C@H](Cc1ccccc1)C(=O)NC(=O)[C@@H]1CCCN1[C@H](C=O)CCCN=C(N)N.O=S(=O)(O)O. The van der Waals surface area contributed by atoms with Crippen LogP contribution >= 0.6 is 0 Å². The van der Waals surface area contributed by atoms with Crippen molar-refractivity contribution in [3.63, 3.8) is 0 Å². The molecule has 6 atom stereocenters. The van der Waals surface area contributed by atoms with Gasteiger partial charge in [0.2, 0.25) is 23.6 Å². The number of aliphatic imine (C=N–C) groups is 2. The first kappa shape index (κ1) is 66.0. The maximum Gasteiger partial charge on any atom is 0.408 e. The van der Waals surface area contributed by atoms with Gasteiger partial charge in [0.05, 0.1) is 24.2 Å². The molecule has 0 unspecified atom stereocenters. The molecule has 77 heavy (non-hydrogen) atoms. The molecule has 26 nitrogen and oxygen atoms in total. The number of hydrogen-bond donors (Lipinski definition) is 10. The van der Waals surface area contributed by atoms with E-state index in [0.717, 1.165) is 23.7 Å². The van der Waals surface area contributed by atoms with Crippen molar-refractivity contribution >= 4 is 70.7 Å². The van der Waals surface area contributed by atoms with E-state index in [1.807, 2.05) is 60.7 Å². The zero-order valence-electron chi connectivity index (χ0n) is 44.6. The molecule has 2 heterocycles. The van der Waals surface area contributed by atoms with Gasteiger partial charge in [-0.3, -0.25) is 58.7 Å². The minimum absolute atomic E-state index is 0.0142. The fourth-order valence-electron chi connectivity index (χ4n) is 8.18. The molecule has 14 N–H and O–H groups in total. The van der Waals surface area contributed by atoms with Gasteiger partial charge < -0.3 is 52.6 Å². The average Bonchev–Trinajstić information content (AvgIpc) is 4.02. The van der Waals surface area contributed by atoms with Crippen LogP contribution in [0.2, 0.25) is 0 Å². The molecule has 2 aromatic rings. The van der Waals surface area contributed by atoms with E-state index in [9.17, 15) is 38.4 Å². The summed E-state index contributed by atoms with van der Waals surface area (Å²) in [5, 5.41) is 10.0. The number of ether oxygens (including phenoxy) is 2. The zero-order chi connectivity index (χ0) is 57.9. The van der Waals surface area contributed by atoms with Crippen molar-refractivity contribution in [3.8, 4) is 0 Å². The van der Waals surface area contributed by atoms with E-state index >= 15 is 0 Å². The lowest BCUT2D eigenvalue weighted by Gasteiger charge is -2.29. The highest BCUT2D eigenvalue weighted by Crippen LogP contribution is 2.24. The number of benzene rings is 2. The standard InChI is InChI=1S/2C25H38N6O5.H2O4S/c2*1-25(2,3)36-24(35)29-19(15-17-9-5-4-6-10-17)21(33)30-22(34)20-12-8-14-31(20)18(16-32)11-7-13-28-23(26)27;1-5(2,3)4/h2*4-6,9-10,16,18-20H,7-8,11-15H2,1-3H3,(H,29,35)(H4,26,27,28)(H,30,33,34);(H2,1,2,3,4)/t2*18-,19+,20-;/m00./s1. The van der Waals surface area contributed by atoms with Crippen molar-refractivity contribution in [1.82, 2.24) is 31.1 Å². The highest BCUT2D eigenvalue weighted by molar-refractivity contribution is 7.79. The Kier molecular flexibility index (Phi) is 27.9. The summed E-state index contributed by atoms with van der Waals surface area (Å²) < 4.78 is 42.2. The van der Waals surface area contributed by atoms with Gasteiger partial charge in [-0.05, 0) is 117 Å². The second-order valence-electron chi connectivity index (χ2n) is 20.0. The molecule has 2 aliphatic rings. The number of rotatable bonds is 22. The van der Waals surface area contributed by atoms with Gasteiger partial charge in [-0.2, -0.15) is 8.42 Å². The van der Waals surface area contributed by atoms with Crippen LogP contribution in [0.5, 0.6) is 0 Å². The minimum atomic E-state index is -4.67. The predicted octanol–water partition coefficient (Wildman–Crippen LogP) is 1.05. The third kappa shape index (κ3) is 28.0. The lowest BCUT2D eigenvalue weighted by Crippen LogP contribution is -2.55. The monoisotopic (exact) mass is 1100 g/mol. The number of alkyl carbamates (subject to hydrolysis) is 2. The van der Waals surface area contributed by atoms with Crippen molar-refractivity contribution < 1.29 is 65.4 Å². The quantitative estimate of drug-likeness (QED) is 0.0259. The number of likely N-dealkylation sites (tertiary alicyclic amines) is 2. The summed E-state index contributed by atoms with van der Waals surface area (Å²) in [7, 11) is -4.67. The summed E-state index contributed by atoms with van der Waals surface area (Å²) >= 11 is 0. The van der Waals surface area contributed by atoms with Crippen molar-refractivity contribution in [3.05, 3.63) is 71.8 Å². The van der Waals surface area contributed by atoms with E-state index in [4.69, 9.17) is 49.9 Å². The van der Waals surface area contributed by atoms with Crippen LogP contribution in [0, 0.1) is 0 Å². The number of nitrogens with zero attached hydrogens (tertiary/aromatic N) is 4. The first-order valence-electron chi connectivity index (χ1n) is 25.0. The van der Waals surface area contributed by atoms with E-state index < -0.39 is 93.7 Å². The number of hydrogen-bond acceptors (Lipinski definition) is 16. The average molecular weight is 1100 g/mol. The number of guanidine groups is 2. The minimum Gasteiger partial charge on any atom is -0.444 e. The lowest BCUT2D eigenvalue weighted by atomic mass is 10.0. The van der Waals surface area contributed by atoms with Gasteiger partial charge in [0.25, 0.3) is 0 Å². The number of aldehydes is 2. The van der Waals surface area contributed by atoms with Gasteiger partial charge in [0, 0.05) is 25.9 Å². The number of nitrogens with two attached hydrogens (primary N) is 4. The Morgan fingerprint density at radius 3 is 1.25 bits per heavy atom. The van der Waals surface area contributed by atoms with Gasteiger partial charge in [0.1, 0.15) is 35.9 Å². The van der Waals surface area contributed by atoms with Gasteiger partial charge in [0.15, 0.2) is 11.9 Å². The Balaban J connectivity index is 0.000000484. The molecule has 2 saturated heterocycles. The van der Waals surface area contributed by atoms with Crippen LogP contribution in [0.3, 0.4) is 0 Å². The summed E-state index contributed by atoms with van der Waals surface area (Å²) in [6, 6.07) is 14.0. The van der Waals surface area contributed by atoms with Crippen LogP contribution in [0.25, 0.3) is 0 Å². The predicted molar refractivity (Wildman–Crippen MR) is 286 cm³/mol. The number of carbonyl (C=O) groups excluding carboxylic acids is 8. The van der Waals surface area contributed by atoms with E-state index in [-0.39, 0.29) is 24.8 Å². The maximum atomic E-state index is 13.1. The van der Waals surface area contributed by atoms with Crippen LogP contribution in [0.15, 0.2) is 70.6 Å². The Hall–Kier alpha value is -7.07. The Labute approximate surface area is 449 Å². The molecule has 0 aromatic heterocycles. The Morgan fingerprint density at radius 1 is 0.636 bits per heavy atom. The molecular weight excluding hydrogens is 1020 g/mol. The van der Waals surface area contributed by atoms with Gasteiger partial charge >= 0.3 is 22.6 Å². The van der Waals surface area contributed by atoms with Crippen LogP contribution in [-0.4, -0.2) is 161 Å². The van der Waals surface area contributed by atoms with E-state index in [0.29, 0.717) is 77.5 Å². The molecule has 27 heteroatoms. The Morgan fingerprint density at radius 2 is 0.961 bits per heavy atom. The largest absolute Gasteiger partial charge is 0.444 e. The van der Waals surface area contributed by atoms with Gasteiger partial charge in [-0.1, -0.05) is 60.7 Å². The molecule has 0 bridgehead atoms. The van der Waals surface area contributed by atoms with E-state index in [1.54, 1.807) is 51.3 Å². The molecule has 428 valence electrons. The van der Waals surface area contributed by atoms with Gasteiger partial charge in [-0.15, -0.1) is 0 Å². The maximum absolute atomic E-state index is 13.1. The highest BCUT2D eigenvalue weighted by Gasteiger charge is 2.39. The summed E-state index contributed by atoms with van der Waals surface area (Å²) in [4.78, 5) is 112. The smallest absolute Gasteiger partial charge is 0.408 e. The zero-order valence-corrected chi connectivity index (χ0v) is 45.4. The molecule has 0 aliphatic carbocycles. The molecule has 0 spiro atoms. The molecule has 2 fully saturated rings. The first-order chi connectivity index (χ1) is 36.0. The van der Waals surface area contributed by atoms with Crippen LogP contribution in [-0.2, 0) is 61.5 Å². The van der Waals surface area contributed by atoms with Crippen LogP contribution in [0.4, 0.5) is 9.59 Å². The molecule has 2 aliphatic heterocycles. The summed E-state index contributed by atoms with van der Waals surface area (Å²) in [6.45, 7) is 12.2. The fraction of sp³-hybridized carbons (Fsp3) is 0.560. The molecule has 6 amide bonds. The first-order valence-corrected chi connectivity index (χ1v) is 26.4. The fourth-order valence-corrected chi connectivity index (χ4v) is 8.18. The Bertz CT molecular complexity index is 2250. The number of amides is 6. The van der Waals surface area contributed by atoms with E-state index in [1.165, 1.54) is 0 Å². The molecule has 0 radical (unpaired) electrons. The number of imide groups is 2.